The molecule has 1 N–H and O–H groups in total. The van der Waals surface area contributed by atoms with E-state index in [0.29, 0.717) is 6.04 Å². The van der Waals surface area contributed by atoms with Crippen molar-refractivity contribution in [1.29, 1.82) is 0 Å². The maximum Gasteiger partial charge on any atom is 0.0306 e. The predicted molar refractivity (Wildman–Crippen MR) is 87.8 cm³/mol. The first-order chi connectivity index (χ1) is 8.93. The van der Waals surface area contributed by atoms with E-state index in [2.05, 4.69) is 58.7 Å². The van der Waals surface area contributed by atoms with Crippen LogP contribution in [0, 0.1) is 5.92 Å². The Bertz CT molecular complexity index is 209. The molecular weight excluding hydrogens is 232 g/mol. The summed E-state index contributed by atoms with van der Waals surface area (Å²) >= 11 is 0. The van der Waals surface area contributed by atoms with E-state index in [9.17, 15) is 0 Å². The van der Waals surface area contributed by atoms with Gasteiger partial charge in [-0.05, 0) is 52.2 Å². The third-order valence-corrected chi connectivity index (χ3v) is 4.49. The minimum atomic E-state index is 0.237. The summed E-state index contributed by atoms with van der Waals surface area (Å²) in [6.45, 7) is 19.7. The van der Waals surface area contributed by atoms with Gasteiger partial charge in [0.05, 0.1) is 0 Å². The van der Waals surface area contributed by atoms with Crippen LogP contribution in [0.3, 0.4) is 0 Å². The highest BCUT2D eigenvalue weighted by Crippen LogP contribution is 2.25. The van der Waals surface area contributed by atoms with Crippen LogP contribution in [-0.2, 0) is 0 Å². The van der Waals surface area contributed by atoms with E-state index in [1.165, 1.54) is 25.7 Å². The van der Waals surface area contributed by atoms with E-state index in [1.54, 1.807) is 0 Å². The number of nitrogens with one attached hydrogen (secondary N) is 1. The van der Waals surface area contributed by atoms with Crippen LogP contribution in [0.15, 0.2) is 0 Å². The van der Waals surface area contributed by atoms with Crippen molar-refractivity contribution in [3.8, 4) is 0 Å². The maximum absolute atomic E-state index is 3.81. The zero-order chi connectivity index (χ0) is 14.9. The monoisotopic (exact) mass is 270 g/mol. The zero-order valence-corrected chi connectivity index (χ0v) is 14.6. The number of likely N-dealkylation sites (N-methyl/N-ethyl adjacent to an activating group) is 1. The lowest BCUT2D eigenvalue weighted by atomic mass is 9.84. The van der Waals surface area contributed by atoms with E-state index in [4.69, 9.17) is 0 Å². The van der Waals surface area contributed by atoms with E-state index in [-0.39, 0.29) is 5.54 Å². The minimum Gasteiger partial charge on any atom is -0.312 e. The zero-order valence-electron chi connectivity index (χ0n) is 14.6. The van der Waals surface area contributed by atoms with E-state index >= 15 is 0 Å². The molecule has 2 atom stereocenters. The Morgan fingerprint density at radius 3 is 2.00 bits per heavy atom. The molecule has 2 unspecified atom stereocenters. The SMILES string of the molecule is CCCNC(CC(C)CCC)C(C)(C)N(CC)CC. The quantitative estimate of drug-likeness (QED) is 0.602. The first-order valence-corrected chi connectivity index (χ1v) is 8.42. The summed E-state index contributed by atoms with van der Waals surface area (Å²) in [5, 5.41) is 3.81. The average molecular weight is 271 g/mol. The Kier molecular flexibility index (Phi) is 9.72. The lowest BCUT2D eigenvalue weighted by Gasteiger charge is -2.45. The van der Waals surface area contributed by atoms with Crippen LogP contribution in [0.25, 0.3) is 0 Å². The summed E-state index contributed by atoms with van der Waals surface area (Å²) in [5.41, 5.74) is 0.237. The third kappa shape index (κ3) is 6.27. The minimum absolute atomic E-state index is 0.237. The molecule has 116 valence electrons. The average Bonchev–Trinajstić information content (AvgIpc) is 2.35. The molecule has 0 fully saturated rings. The lowest BCUT2D eigenvalue weighted by molar-refractivity contribution is 0.0803. The summed E-state index contributed by atoms with van der Waals surface area (Å²) in [4.78, 5) is 2.60. The molecule has 0 aliphatic carbocycles. The molecule has 0 heterocycles. The van der Waals surface area contributed by atoms with Crippen molar-refractivity contribution in [2.24, 2.45) is 5.92 Å². The molecule has 0 saturated carbocycles. The fourth-order valence-electron chi connectivity index (χ4n) is 3.21. The predicted octanol–water partition coefficient (Wildman–Crippen LogP) is 4.30. The Balaban J connectivity index is 4.78. The second-order valence-corrected chi connectivity index (χ2v) is 6.46. The molecule has 0 saturated heterocycles. The molecule has 0 aromatic rings. The van der Waals surface area contributed by atoms with Crippen molar-refractivity contribution in [2.75, 3.05) is 19.6 Å². The highest BCUT2D eigenvalue weighted by molar-refractivity contribution is 4.93. The van der Waals surface area contributed by atoms with Crippen LogP contribution in [0.4, 0.5) is 0 Å². The molecule has 0 spiro atoms. The fraction of sp³-hybridized carbons (Fsp3) is 1.00. The van der Waals surface area contributed by atoms with Gasteiger partial charge in [0.15, 0.2) is 0 Å². The fourth-order valence-corrected chi connectivity index (χ4v) is 3.21. The summed E-state index contributed by atoms with van der Waals surface area (Å²) in [7, 11) is 0. The van der Waals surface area contributed by atoms with Crippen molar-refractivity contribution in [1.82, 2.24) is 10.2 Å². The van der Waals surface area contributed by atoms with Crippen molar-refractivity contribution >= 4 is 0 Å². The Morgan fingerprint density at radius 2 is 1.58 bits per heavy atom. The van der Waals surface area contributed by atoms with Crippen LogP contribution in [0.1, 0.15) is 74.1 Å². The highest BCUT2D eigenvalue weighted by atomic mass is 15.2. The van der Waals surface area contributed by atoms with Crippen molar-refractivity contribution in [3.05, 3.63) is 0 Å². The molecule has 0 radical (unpaired) electrons. The number of hydrogen-bond donors (Lipinski definition) is 1. The molecule has 2 nitrogen and oxygen atoms in total. The van der Waals surface area contributed by atoms with Gasteiger partial charge in [0.1, 0.15) is 0 Å². The number of rotatable bonds is 11. The molecule has 0 bridgehead atoms. The summed E-state index contributed by atoms with van der Waals surface area (Å²) in [5.74, 6) is 0.814. The molecule has 0 aliphatic rings. The van der Waals surface area contributed by atoms with Gasteiger partial charge in [-0.2, -0.15) is 0 Å². The Labute approximate surface area is 122 Å². The molecule has 2 heteroatoms. The van der Waals surface area contributed by atoms with Gasteiger partial charge >= 0.3 is 0 Å². The summed E-state index contributed by atoms with van der Waals surface area (Å²) in [6.07, 6.45) is 5.15. The largest absolute Gasteiger partial charge is 0.312 e. The first-order valence-electron chi connectivity index (χ1n) is 8.42. The van der Waals surface area contributed by atoms with E-state index in [0.717, 1.165) is 25.6 Å². The highest BCUT2D eigenvalue weighted by Gasteiger charge is 2.34. The van der Waals surface area contributed by atoms with Crippen molar-refractivity contribution in [3.63, 3.8) is 0 Å². The second kappa shape index (κ2) is 9.77. The van der Waals surface area contributed by atoms with Crippen LogP contribution >= 0.6 is 0 Å². The molecule has 0 aromatic heterocycles. The molecular formula is C17H38N2. The number of hydrogen-bond acceptors (Lipinski definition) is 2. The van der Waals surface area contributed by atoms with Gasteiger partial charge in [-0.15, -0.1) is 0 Å². The Morgan fingerprint density at radius 1 is 1.00 bits per heavy atom. The maximum atomic E-state index is 3.81. The molecule has 0 aliphatic heterocycles. The second-order valence-electron chi connectivity index (χ2n) is 6.46. The van der Waals surface area contributed by atoms with Gasteiger partial charge in [-0.3, -0.25) is 4.90 Å². The Hall–Kier alpha value is -0.0800. The van der Waals surface area contributed by atoms with Crippen LogP contribution in [-0.4, -0.2) is 36.1 Å². The van der Waals surface area contributed by atoms with E-state index < -0.39 is 0 Å². The first kappa shape index (κ1) is 18.9. The molecule has 0 amide bonds. The molecule has 0 rings (SSSR count). The van der Waals surface area contributed by atoms with Gasteiger partial charge in [0, 0.05) is 11.6 Å². The van der Waals surface area contributed by atoms with Gasteiger partial charge in [0.2, 0.25) is 0 Å². The van der Waals surface area contributed by atoms with Crippen molar-refractivity contribution in [2.45, 2.75) is 85.7 Å². The molecule has 19 heavy (non-hydrogen) atoms. The van der Waals surface area contributed by atoms with E-state index in [1.807, 2.05) is 0 Å². The van der Waals surface area contributed by atoms with Crippen LogP contribution in [0.2, 0.25) is 0 Å². The standard InChI is InChI=1S/C17H38N2/c1-8-12-15(5)14-16(18-13-9-2)17(6,7)19(10-3)11-4/h15-16,18H,8-14H2,1-7H3. The van der Waals surface area contributed by atoms with Gasteiger partial charge < -0.3 is 5.32 Å². The van der Waals surface area contributed by atoms with Gasteiger partial charge in [-0.25, -0.2) is 0 Å². The summed E-state index contributed by atoms with van der Waals surface area (Å²) in [6, 6.07) is 0.592. The van der Waals surface area contributed by atoms with Gasteiger partial charge in [0.25, 0.3) is 0 Å². The number of nitrogens with zero attached hydrogens (tertiary/aromatic N) is 1. The normalized spacial score (nSPS) is 15.8. The van der Waals surface area contributed by atoms with Crippen LogP contribution in [0.5, 0.6) is 0 Å². The summed E-state index contributed by atoms with van der Waals surface area (Å²) < 4.78 is 0. The third-order valence-electron chi connectivity index (χ3n) is 4.49. The van der Waals surface area contributed by atoms with Gasteiger partial charge in [-0.1, -0.05) is 47.5 Å². The topological polar surface area (TPSA) is 15.3 Å². The van der Waals surface area contributed by atoms with Crippen molar-refractivity contribution < 1.29 is 0 Å². The van der Waals surface area contributed by atoms with Crippen LogP contribution < -0.4 is 5.32 Å². The smallest absolute Gasteiger partial charge is 0.0306 e. The lowest BCUT2D eigenvalue weighted by Crippen LogP contribution is -2.58. The molecule has 0 aromatic carbocycles.